The molecule has 0 spiro atoms. The minimum atomic E-state index is -4.46. The fraction of sp³-hybridized carbons (Fsp3) is 0.0909. The van der Waals surface area contributed by atoms with Crippen molar-refractivity contribution < 1.29 is 13.2 Å². The molecule has 0 atom stereocenters. The lowest BCUT2D eigenvalue weighted by atomic mass is 10.3. The largest absolute Gasteiger partial charge is 0.416 e. The normalized spacial score (nSPS) is 11.6. The summed E-state index contributed by atoms with van der Waals surface area (Å²) >= 11 is 12.2. The summed E-state index contributed by atoms with van der Waals surface area (Å²) in [4.78, 5) is 7.78. The summed E-state index contributed by atoms with van der Waals surface area (Å²) in [5, 5.41) is 0.826. The van der Waals surface area contributed by atoms with Crippen molar-refractivity contribution in [2.45, 2.75) is 16.2 Å². The smallest absolute Gasteiger partial charge is 0.248 e. The molecule has 0 N–H and O–H groups in total. The van der Waals surface area contributed by atoms with Gasteiger partial charge in [0.2, 0.25) is 0 Å². The van der Waals surface area contributed by atoms with E-state index in [1.807, 2.05) is 0 Å². The summed E-state index contributed by atoms with van der Waals surface area (Å²) in [5.74, 6) is 0. The summed E-state index contributed by atoms with van der Waals surface area (Å²) in [5.41, 5.74) is -0.844. The fourth-order valence-electron chi connectivity index (χ4n) is 1.22. The van der Waals surface area contributed by atoms with E-state index in [1.54, 1.807) is 12.1 Å². The van der Waals surface area contributed by atoms with Gasteiger partial charge in [0.25, 0.3) is 0 Å². The van der Waals surface area contributed by atoms with Gasteiger partial charge in [-0.05, 0) is 24.3 Å². The maximum Gasteiger partial charge on any atom is 0.416 e. The molecule has 0 saturated carbocycles. The molecule has 100 valence electrons. The van der Waals surface area contributed by atoms with E-state index in [0.717, 1.165) is 23.9 Å². The van der Waals surface area contributed by atoms with Crippen molar-refractivity contribution in [1.29, 1.82) is 0 Å². The molecule has 2 heterocycles. The molecule has 0 amide bonds. The highest BCUT2D eigenvalue weighted by atomic mass is 35.5. The van der Waals surface area contributed by atoms with Crippen molar-refractivity contribution in [1.82, 2.24) is 9.97 Å². The summed E-state index contributed by atoms with van der Waals surface area (Å²) < 4.78 is 37.8. The Labute approximate surface area is 121 Å². The van der Waals surface area contributed by atoms with Crippen LogP contribution >= 0.6 is 35.0 Å². The maximum atomic E-state index is 12.6. The van der Waals surface area contributed by atoms with Crippen LogP contribution in [0.5, 0.6) is 0 Å². The number of pyridine rings is 2. The van der Waals surface area contributed by atoms with Gasteiger partial charge in [0.1, 0.15) is 15.2 Å². The zero-order valence-corrected chi connectivity index (χ0v) is 11.4. The van der Waals surface area contributed by atoms with Gasteiger partial charge >= 0.3 is 6.18 Å². The SMILES string of the molecule is FC(F)(F)c1cc(Cl)nc(Sc2ccc(Cl)cn2)c1. The molecule has 0 radical (unpaired) electrons. The summed E-state index contributed by atoms with van der Waals surface area (Å²) in [6.45, 7) is 0. The molecular weight excluding hydrogens is 320 g/mol. The van der Waals surface area contributed by atoms with Crippen molar-refractivity contribution in [2.75, 3.05) is 0 Å². The van der Waals surface area contributed by atoms with Crippen molar-refractivity contribution in [3.63, 3.8) is 0 Å². The van der Waals surface area contributed by atoms with Crippen molar-refractivity contribution >= 4 is 35.0 Å². The molecule has 19 heavy (non-hydrogen) atoms. The third-order valence-electron chi connectivity index (χ3n) is 2.01. The Morgan fingerprint density at radius 1 is 1.05 bits per heavy atom. The van der Waals surface area contributed by atoms with Crippen molar-refractivity contribution in [3.8, 4) is 0 Å². The Morgan fingerprint density at radius 3 is 2.37 bits per heavy atom. The Hall–Kier alpha value is -0.980. The van der Waals surface area contributed by atoms with Crippen LogP contribution in [0.1, 0.15) is 5.56 Å². The third kappa shape index (κ3) is 3.99. The monoisotopic (exact) mass is 324 g/mol. The van der Waals surface area contributed by atoms with Crippen LogP contribution in [0.3, 0.4) is 0 Å². The first kappa shape index (κ1) is 14.4. The fourth-order valence-corrected chi connectivity index (χ4v) is 2.37. The topological polar surface area (TPSA) is 25.8 Å². The molecule has 8 heteroatoms. The maximum absolute atomic E-state index is 12.6. The number of alkyl halides is 3. The van der Waals surface area contributed by atoms with Crippen LogP contribution in [-0.4, -0.2) is 9.97 Å². The van der Waals surface area contributed by atoms with Crippen LogP contribution < -0.4 is 0 Å². The second kappa shape index (κ2) is 5.56. The van der Waals surface area contributed by atoms with Gasteiger partial charge in [-0.3, -0.25) is 0 Å². The van der Waals surface area contributed by atoms with E-state index in [4.69, 9.17) is 23.2 Å². The van der Waals surface area contributed by atoms with Crippen LogP contribution in [0.4, 0.5) is 13.2 Å². The zero-order valence-electron chi connectivity index (χ0n) is 9.08. The summed E-state index contributed by atoms with van der Waals surface area (Å²) in [6, 6.07) is 4.88. The van der Waals surface area contributed by atoms with E-state index in [9.17, 15) is 13.2 Å². The van der Waals surface area contributed by atoms with Gasteiger partial charge in [0.15, 0.2) is 0 Å². The average Bonchev–Trinajstić information content (AvgIpc) is 2.30. The molecule has 2 aromatic rings. The quantitative estimate of drug-likeness (QED) is 0.731. The molecule has 0 aromatic carbocycles. The standard InChI is InChI=1S/C11H5Cl2F3N2S/c12-7-1-2-9(17-5-7)19-10-4-6(11(14,15)16)3-8(13)18-10/h1-5H. The molecule has 2 rings (SSSR count). The van der Waals surface area contributed by atoms with Crippen LogP contribution in [0.25, 0.3) is 0 Å². The minimum absolute atomic E-state index is 0.120. The summed E-state index contributed by atoms with van der Waals surface area (Å²) in [7, 11) is 0. The average molecular weight is 325 g/mol. The molecule has 0 saturated heterocycles. The Kier molecular flexibility index (Phi) is 4.23. The minimum Gasteiger partial charge on any atom is -0.248 e. The third-order valence-corrected chi connectivity index (χ3v) is 3.29. The predicted octanol–water partition coefficient (Wildman–Crippen LogP) is 4.95. The van der Waals surface area contributed by atoms with E-state index < -0.39 is 11.7 Å². The molecule has 0 bridgehead atoms. The molecule has 0 aliphatic carbocycles. The number of rotatable bonds is 2. The van der Waals surface area contributed by atoms with Gasteiger partial charge in [-0.15, -0.1) is 0 Å². The van der Waals surface area contributed by atoms with Crippen LogP contribution in [0, 0.1) is 0 Å². The van der Waals surface area contributed by atoms with Crippen LogP contribution in [0.2, 0.25) is 10.2 Å². The molecular formula is C11H5Cl2F3N2S. The Bertz CT molecular complexity index is 587. The van der Waals surface area contributed by atoms with Gasteiger partial charge in [0.05, 0.1) is 10.6 Å². The second-order valence-electron chi connectivity index (χ2n) is 3.43. The van der Waals surface area contributed by atoms with Crippen molar-refractivity contribution in [2.24, 2.45) is 0 Å². The highest BCUT2D eigenvalue weighted by Crippen LogP contribution is 2.34. The lowest BCUT2D eigenvalue weighted by molar-refractivity contribution is -0.137. The van der Waals surface area contributed by atoms with Gasteiger partial charge < -0.3 is 0 Å². The van der Waals surface area contributed by atoms with Gasteiger partial charge in [-0.2, -0.15) is 13.2 Å². The molecule has 0 aliphatic rings. The first-order valence-electron chi connectivity index (χ1n) is 4.89. The second-order valence-corrected chi connectivity index (χ2v) is 5.30. The Balaban J connectivity index is 2.30. The van der Waals surface area contributed by atoms with Crippen molar-refractivity contribution in [3.05, 3.63) is 46.2 Å². The van der Waals surface area contributed by atoms with Gasteiger partial charge in [-0.25, -0.2) is 9.97 Å². The Morgan fingerprint density at radius 2 is 1.79 bits per heavy atom. The predicted molar refractivity (Wildman–Crippen MR) is 67.6 cm³/mol. The lowest BCUT2D eigenvalue weighted by Gasteiger charge is -2.08. The zero-order chi connectivity index (χ0) is 14.0. The number of aromatic nitrogens is 2. The van der Waals surface area contributed by atoms with Crippen LogP contribution in [-0.2, 0) is 6.18 Å². The van der Waals surface area contributed by atoms with E-state index >= 15 is 0 Å². The summed E-state index contributed by atoms with van der Waals surface area (Å²) in [6.07, 6.45) is -3.06. The van der Waals surface area contributed by atoms with Crippen LogP contribution in [0.15, 0.2) is 40.5 Å². The molecule has 0 unspecified atom stereocenters. The van der Waals surface area contributed by atoms with E-state index in [0.29, 0.717) is 10.0 Å². The van der Waals surface area contributed by atoms with Gasteiger partial charge in [-0.1, -0.05) is 35.0 Å². The first-order chi connectivity index (χ1) is 8.84. The number of hydrogen-bond donors (Lipinski definition) is 0. The number of hydrogen-bond acceptors (Lipinski definition) is 3. The molecule has 2 aromatic heterocycles. The number of halogens is 5. The number of nitrogens with zero attached hydrogens (tertiary/aromatic N) is 2. The molecule has 0 fully saturated rings. The molecule has 0 aliphatic heterocycles. The van der Waals surface area contributed by atoms with E-state index in [1.165, 1.54) is 6.20 Å². The van der Waals surface area contributed by atoms with Gasteiger partial charge in [0, 0.05) is 6.20 Å². The highest BCUT2D eigenvalue weighted by Gasteiger charge is 2.31. The highest BCUT2D eigenvalue weighted by molar-refractivity contribution is 7.99. The van der Waals surface area contributed by atoms with E-state index in [-0.39, 0.29) is 10.2 Å². The lowest BCUT2D eigenvalue weighted by Crippen LogP contribution is -2.05. The van der Waals surface area contributed by atoms with E-state index in [2.05, 4.69) is 9.97 Å². The molecule has 2 nitrogen and oxygen atoms in total. The first-order valence-corrected chi connectivity index (χ1v) is 6.46.